The Morgan fingerprint density at radius 3 is 2.43 bits per heavy atom. The predicted molar refractivity (Wildman–Crippen MR) is 54.4 cm³/mol. The smallest absolute Gasteiger partial charge is 0.240 e. The molecule has 1 aromatic rings. The van der Waals surface area contributed by atoms with Gasteiger partial charge in [-0.1, -0.05) is 13.8 Å². The summed E-state index contributed by atoms with van der Waals surface area (Å²) in [5, 5.41) is 5.14. The third kappa shape index (κ3) is 2.10. The number of nitrogens with zero attached hydrogens (tertiary/aromatic N) is 1. The molecule has 0 radical (unpaired) electrons. The fourth-order valence-corrected chi connectivity index (χ4v) is 2.52. The Morgan fingerprint density at radius 1 is 1.36 bits per heavy atom. The molecule has 0 aliphatic rings. The molecule has 4 nitrogen and oxygen atoms in total. The minimum Gasteiger partial charge on any atom is -0.260 e. The Balaban J connectivity index is 3.50. The van der Waals surface area contributed by atoms with E-state index < -0.39 is 10.0 Å². The third-order valence-electron chi connectivity index (χ3n) is 2.06. The van der Waals surface area contributed by atoms with Crippen LogP contribution in [0, 0.1) is 0 Å². The topological polar surface area (TPSA) is 73.0 Å². The van der Waals surface area contributed by atoms with Crippen LogP contribution in [0.5, 0.6) is 0 Å². The van der Waals surface area contributed by atoms with E-state index in [0.717, 1.165) is 5.56 Å². The maximum atomic E-state index is 11.3. The van der Waals surface area contributed by atoms with E-state index in [-0.39, 0.29) is 4.90 Å². The van der Waals surface area contributed by atoms with Crippen LogP contribution in [0.1, 0.15) is 25.1 Å². The van der Waals surface area contributed by atoms with Crippen LogP contribution in [0.2, 0.25) is 0 Å². The Labute approximate surface area is 84.2 Å². The highest BCUT2D eigenvalue weighted by Gasteiger charge is 2.17. The van der Waals surface area contributed by atoms with Gasteiger partial charge in [0.25, 0.3) is 0 Å². The second-order valence-corrected chi connectivity index (χ2v) is 4.50. The van der Waals surface area contributed by atoms with Crippen LogP contribution in [-0.4, -0.2) is 13.4 Å². The lowest BCUT2D eigenvalue weighted by molar-refractivity contribution is 0.594. The third-order valence-corrected chi connectivity index (χ3v) is 3.13. The van der Waals surface area contributed by atoms with Crippen LogP contribution in [0.3, 0.4) is 0 Å². The van der Waals surface area contributed by atoms with Gasteiger partial charge in [-0.3, -0.25) is 4.98 Å². The second-order valence-electron chi connectivity index (χ2n) is 3.00. The Hall–Kier alpha value is -0.940. The first-order chi connectivity index (χ1) is 6.50. The van der Waals surface area contributed by atoms with Gasteiger partial charge >= 0.3 is 0 Å². The largest absolute Gasteiger partial charge is 0.260 e. The van der Waals surface area contributed by atoms with Gasteiger partial charge < -0.3 is 0 Å². The first-order valence-corrected chi connectivity index (χ1v) is 6.04. The highest BCUT2D eigenvalue weighted by Crippen LogP contribution is 2.18. The number of hydrogen-bond donors (Lipinski definition) is 1. The lowest BCUT2D eigenvalue weighted by atomic mass is 10.1. The van der Waals surface area contributed by atoms with Gasteiger partial charge in [0.1, 0.15) is 4.90 Å². The van der Waals surface area contributed by atoms with Gasteiger partial charge in [0.05, 0.1) is 5.69 Å². The van der Waals surface area contributed by atoms with Crippen molar-refractivity contribution in [3.8, 4) is 0 Å². The van der Waals surface area contributed by atoms with Gasteiger partial charge in [-0.2, -0.15) is 0 Å². The van der Waals surface area contributed by atoms with Crippen molar-refractivity contribution in [1.29, 1.82) is 0 Å². The lowest BCUT2D eigenvalue weighted by Crippen LogP contribution is -2.17. The van der Waals surface area contributed by atoms with E-state index in [9.17, 15) is 8.42 Å². The summed E-state index contributed by atoms with van der Waals surface area (Å²) in [6.07, 6.45) is 2.83. The molecule has 0 saturated carbocycles. The molecule has 0 aromatic carbocycles. The highest BCUT2D eigenvalue weighted by molar-refractivity contribution is 7.89. The molecule has 0 saturated heterocycles. The molecule has 0 amide bonds. The molecule has 1 aromatic heterocycles. The van der Waals surface area contributed by atoms with Gasteiger partial charge in [0.15, 0.2) is 0 Å². The summed E-state index contributed by atoms with van der Waals surface area (Å²) in [7, 11) is -3.65. The number of aromatic nitrogens is 1. The molecule has 1 heterocycles. The van der Waals surface area contributed by atoms with Crippen molar-refractivity contribution in [1.82, 2.24) is 4.98 Å². The second kappa shape index (κ2) is 4.06. The number of sulfonamides is 1. The molecule has 5 heteroatoms. The summed E-state index contributed by atoms with van der Waals surface area (Å²) >= 11 is 0. The van der Waals surface area contributed by atoms with Gasteiger partial charge in [0.2, 0.25) is 10.0 Å². The first-order valence-electron chi connectivity index (χ1n) is 4.50. The van der Waals surface area contributed by atoms with Crippen molar-refractivity contribution in [3.63, 3.8) is 0 Å². The fraction of sp³-hybridized carbons (Fsp3) is 0.444. The number of rotatable bonds is 3. The van der Waals surface area contributed by atoms with Crippen LogP contribution in [-0.2, 0) is 22.9 Å². The monoisotopic (exact) mass is 214 g/mol. The molecule has 2 N–H and O–H groups in total. The molecule has 0 atom stereocenters. The Morgan fingerprint density at radius 2 is 2.00 bits per heavy atom. The minimum atomic E-state index is -3.65. The summed E-state index contributed by atoms with van der Waals surface area (Å²) < 4.78 is 22.7. The first kappa shape index (κ1) is 11.1. The molecule has 78 valence electrons. The summed E-state index contributed by atoms with van der Waals surface area (Å²) in [6.45, 7) is 3.75. The van der Waals surface area contributed by atoms with Gasteiger partial charge in [-0.05, 0) is 24.5 Å². The van der Waals surface area contributed by atoms with E-state index in [1.165, 1.54) is 0 Å². The molecule has 0 aliphatic carbocycles. The molecule has 0 unspecified atom stereocenters. The molecular weight excluding hydrogens is 200 g/mol. The molecule has 0 bridgehead atoms. The van der Waals surface area contributed by atoms with Gasteiger partial charge in [0, 0.05) is 6.20 Å². The summed E-state index contributed by atoms with van der Waals surface area (Å²) in [4.78, 5) is 4.21. The van der Waals surface area contributed by atoms with Crippen LogP contribution in [0.15, 0.2) is 17.2 Å². The van der Waals surface area contributed by atoms with Gasteiger partial charge in [-0.25, -0.2) is 13.6 Å². The van der Waals surface area contributed by atoms with Crippen LogP contribution in [0.4, 0.5) is 0 Å². The van der Waals surface area contributed by atoms with E-state index in [4.69, 9.17) is 5.14 Å². The lowest BCUT2D eigenvalue weighted by Gasteiger charge is -2.08. The maximum absolute atomic E-state index is 11.3. The van der Waals surface area contributed by atoms with E-state index in [0.29, 0.717) is 18.5 Å². The minimum absolute atomic E-state index is 0.199. The maximum Gasteiger partial charge on any atom is 0.240 e. The zero-order valence-electron chi connectivity index (χ0n) is 8.32. The number of nitrogens with two attached hydrogens (primary N) is 1. The van der Waals surface area contributed by atoms with Gasteiger partial charge in [-0.15, -0.1) is 0 Å². The molecule has 0 fully saturated rings. The van der Waals surface area contributed by atoms with E-state index in [1.54, 1.807) is 12.3 Å². The number of aryl methyl sites for hydroxylation is 2. The molecule has 1 rings (SSSR count). The molecule has 14 heavy (non-hydrogen) atoms. The molecular formula is C9H14N2O2S. The van der Waals surface area contributed by atoms with E-state index >= 15 is 0 Å². The highest BCUT2D eigenvalue weighted by atomic mass is 32.2. The SMILES string of the molecule is CCc1ccnc(CC)c1S(N)(=O)=O. The van der Waals surface area contributed by atoms with Crippen LogP contribution >= 0.6 is 0 Å². The van der Waals surface area contributed by atoms with E-state index in [1.807, 2.05) is 13.8 Å². The van der Waals surface area contributed by atoms with Crippen LogP contribution in [0.25, 0.3) is 0 Å². The van der Waals surface area contributed by atoms with Crippen molar-refractivity contribution in [2.75, 3.05) is 0 Å². The number of hydrogen-bond acceptors (Lipinski definition) is 3. The number of primary sulfonamides is 1. The molecule has 0 aliphatic heterocycles. The number of pyridine rings is 1. The van der Waals surface area contributed by atoms with Crippen molar-refractivity contribution in [2.24, 2.45) is 5.14 Å². The van der Waals surface area contributed by atoms with Crippen molar-refractivity contribution < 1.29 is 8.42 Å². The fourth-order valence-electron chi connectivity index (χ4n) is 1.41. The van der Waals surface area contributed by atoms with Crippen molar-refractivity contribution >= 4 is 10.0 Å². The van der Waals surface area contributed by atoms with Crippen molar-refractivity contribution in [3.05, 3.63) is 23.5 Å². The quantitative estimate of drug-likeness (QED) is 0.810. The predicted octanol–water partition coefficient (Wildman–Crippen LogP) is 0.854. The Kier molecular flexibility index (Phi) is 3.23. The summed E-state index contributed by atoms with van der Waals surface area (Å²) in [5.41, 5.74) is 1.28. The van der Waals surface area contributed by atoms with E-state index in [2.05, 4.69) is 4.98 Å². The standard InChI is InChI=1S/C9H14N2O2S/c1-3-7-5-6-11-8(4-2)9(7)14(10,12)13/h5-6H,3-4H2,1-2H3,(H2,10,12,13). The average molecular weight is 214 g/mol. The normalized spacial score (nSPS) is 11.6. The summed E-state index contributed by atoms with van der Waals surface area (Å²) in [6, 6.07) is 1.69. The zero-order valence-corrected chi connectivity index (χ0v) is 9.13. The summed E-state index contributed by atoms with van der Waals surface area (Å²) in [5.74, 6) is 0. The average Bonchev–Trinajstić information content (AvgIpc) is 2.15. The van der Waals surface area contributed by atoms with Crippen molar-refractivity contribution in [2.45, 2.75) is 31.6 Å². The molecule has 0 spiro atoms. The Bertz CT molecular complexity index is 404. The zero-order chi connectivity index (χ0) is 10.8. The van der Waals surface area contributed by atoms with Crippen LogP contribution < -0.4 is 5.14 Å².